The molecular weight excluding hydrogens is 264 g/mol. The van der Waals surface area contributed by atoms with Gasteiger partial charge in [0.05, 0.1) is 34.5 Å². The van der Waals surface area contributed by atoms with Gasteiger partial charge < -0.3 is 5.11 Å². The van der Waals surface area contributed by atoms with E-state index in [1.54, 1.807) is 13.8 Å². The van der Waals surface area contributed by atoms with Crippen molar-refractivity contribution < 1.29 is 14.8 Å². The van der Waals surface area contributed by atoms with E-state index in [0.29, 0.717) is 16.8 Å². The van der Waals surface area contributed by atoms with Crippen LogP contribution in [0, 0.1) is 24.0 Å². The maximum absolute atomic E-state index is 11.0. The van der Waals surface area contributed by atoms with E-state index < -0.39 is 10.9 Å². The zero-order chi connectivity index (χ0) is 14.9. The van der Waals surface area contributed by atoms with E-state index in [1.165, 1.54) is 23.3 Å². The Labute approximate surface area is 113 Å². The number of carboxylic acid groups (broad SMARTS) is 1. The highest BCUT2D eigenvalue weighted by Crippen LogP contribution is 2.24. The first-order chi connectivity index (χ1) is 9.40. The Balaban J connectivity index is 2.36. The molecular formula is C12H12N4O4. The third kappa shape index (κ3) is 2.48. The molecule has 0 fully saturated rings. The van der Waals surface area contributed by atoms with Crippen LogP contribution in [0.25, 0.3) is 0 Å². The molecule has 0 radical (unpaired) electrons. The fraction of sp³-hybridized carbons (Fsp3) is 0.250. The third-order valence-corrected chi connectivity index (χ3v) is 2.95. The largest absolute Gasteiger partial charge is 0.478 e. The van der Waals surface area contributed by atoms with Gasteiger partial charge in [-0.05, 0) is 13.8 Å². The Morgan fingerprint density at radius 2 is 2.15 bits per heavy atom. The van der Waals surface area contributed by atoms with E-state index in [1.807, 2.05) is 0 Å². The van der Waals surface area contributed by atoms with Crippen molar-refractivity contribution >= 4 is 11.7 Å². The monoisotopic (exact) mass is 276 g/mol. The van der Waals surface area contributed by atoms with Crippen LogP contribution < -0.4 is 0 Å². The van der Waals surface area contributed by atoms with Gasteiger partial charge in [0.1, 0.15) is 0 Å². The molecule has 0 unspecified atom stereocenters. The number of pyridine rings is 1. The zero-order valence-electron chi connectivity index (χ0n) is 10.9. The lowest BCUT2D eigenvalue weighted by Gasteiger charge is -2.07. The van der Waals surface area contributed by atoms with Crippen LogP contribution in [0.2, 0.25) is 0 Å². The fourth-order valence-corrected chi connectivity index (χ4v) is 1.92. The molecule has 0 spiro atoms. The summed E-state index contributed by atoms with van der Waals surface area (Å²) in [5.41, 5.74) is 1.53. The van der Waals surface area contributed by atoms with Gasteiger partial charge in [-0.15, -0.1) is 0 Å². The molecule has 0 aliphatic heterocycles. The average Bonchev–Trinajstić information content (AvgIpc) is 2.81. The second kappa shape index (κ2) is 5.08. The van der Waals surface area contributed by atoms with Crippen molar-refractivity contribution in [2.24, 2.45) is 0 Å². The van der Waals surface area contributed by atoms with Gasteiger partial charge in [0.15, 0.2) is 0 Å². The predicted molar refractivity (Wildman–Crippen MR) is 68.7 cm³/mol. The first kappa shape index (κ1) is 13.7. The summed E-state index contributed by atoms with van der Waals surface area (Å²) < 4.78 is 1.39. The highest BCUT2D eigenvalue weighted by Gasteiger charge is 2.19. The number of aromatic nitrogens is 3. The summed E-state index contributed by atoms with van der Waals surface area (Å²) in [4.78, 5) is 25.5. The van der Waals surface area contributed by atoms with E-state index in [4.69, 9.17) is 5.11 Å². The molecule has 2 aromatic heterocycles. The van der Waals surface area contributed by atoms with Gasteiger partial charge in [-0.1, -0.05) is 0 Å². The van der Waals surface area contributed by atoms with Crippen LogP contribution in [0.4, 0.5) is 5.69 Å². The summed E-state index contributed by atoms with van der Waals surface area (Å²) in [7, 11) is 0. The molecule has 1 N–H and O–H groups in total. The first-order valence-corrected chi connectivity index (χ1v) is 5.75. The van der Waals surface area contributed by atoms with Gasteiger partial charge >= 0.3 is 5.97 Å². The minimum atomic E-state index is -1.07. The van der Waals surface area contributed by atoms with Crippen LogP contribution in [-0.2, 0) is 6.54 Å². The van der Waals surface area contributed by atoms with Gasteiger partial charge in [-0.25, -0.2) is 4.79 Å². The second-order valence-electron chi connectivity index (χ2n) is 4.35. The van der Waals surface area contributed by atoms with Gasteiger partial charge in [-0.2, -0.15) is 5.10 Å². The molecule has 0 bridgehead atoms. The molecule has 8 nitrogen and oxygen atoms in total. The van der Waals surface area contributed by atoms with Gasteiger partial charge in [0, 0.05) is 18.0 Å². The van der Waals surface area contributed by atoms with Crippen molar-refractivity contribution in [2.75, 3.05) is 0 Å². The molecule has 8 heteroatoms. The van der Waals surface area contributed by atoms with Crippen LogP contribution in [-0.4, -0.2) is 30.8 Å². The number of aryl methyl sites for hydroxylation is 1. The maximum Gasteiger partial charge on any atom is 0.338 e. The summed E-state index contributed by atoms with van der Waals surface area (Å²) in [6, 6.07) is 0. The summed E-state index contributed by atoms with van der Waals surface area (Å²) in [5.74, 6) is -1.07. The first-order valence-electron chi connectivity index (χ1n) is 5.75. The van der Waals surface area contributed by atoms with E-state index in [9.17, 15) is 14.9 Å². The number of rotatable bonds is 4. The zero-order valence-corrected chi connectivity index (χ0v) is 10.9. The molecule has 0 aliphatic carbocycles. The van der Waals surface area contributed by atoms with Crippen LogP contribution >= 0.6 is 0 Å². The molecule has 20 heavy (non-hydrogen) atoms. The number of carbonyl (C=O) groups is 1. The number of nitrogens with zero attached hydrogens (tertiary/aromatic N) is 4. The number of hydrogen-bond acceptors (Lipinski definition) is 5. The summed E-state index contributed by atoms with van der Waals surface area (Å²) in [6.07, 6.45) is 4.01. The number of aromatic carboxylic acids is 1. The quantitative estimate of drug-likeness (QED) is 0.669. The van der Waals surface area contributed by atoms with Gasteiger partial charge in [-0.3, -0.25) is 19.8 Å². The fourth-order valence-electron chi connectivity index (χ4n) is 1.92. The lowest BCUT2D eigenvalue weighted by Crippen LogP contribution is -2.07. The lowest BCUT2D eigenvalue weighted by molar-refractivity contribution is -0.386. The molecule has 2 rings (SSSR count). The van der Waals surface area contributed by atoms with Gasteiger partial charge in [0.25, 0.3) is 5.69 Å². The Morgan fingerprint density at radius 3 is 2.70 bits per heavy atom. The topological polar surface area (TPSA) is 111 Å². The predicted octanol–water partition coefficient (Wildman–Crippen LogP) is 1.55. The summed E-state index contributed by atoms with van der Waals surface area (Å²) >= 11 is 0. The molecule has 0 saturated carbocycles. The SMILES string of the molecule is Cc1cnc(Cn2cc(C(=O)O)cn2)c(C)c1[N+](=O)[O-]. The highest BCUT2D eigenvalue weighted by atomic mass is 16.6. The Morgan fingerprint density at radius 1 is 1.45 bits per heavy atom. The minimum Gasteiger partial charge on any atom is -0.478 e. The number of nitro groups is 1. The van der Waals surface area contributed by atoms with Crippen molar-refractivity contribution in [3.63, 3.8) is 0 Å². The van der Waals surface area contributed by atoms with Crippen molar-refractivity contribution in [2.45, 2.75) is 20.4 Å². The molecule has 0 saturated heterocycles. The third-order valence-electron chi connectivity index (χ3n) is 2.95. The summed E-state index contributed by atoms with van der Waals surface area (Å²) in [5, 5.41) is 23.7. The number of carboxylic acids is 1. The highest BCUT2D eigenvalue weighted by molar-refractivity contribution is 5.86. The molecule has 104 valence electrons. The van der Waals surface area contributed by atoms with Crippen molar-refractivity contribution in [3.8, 4) is 0 Å². The second-order valence-corrected chi connectivity index (χ2v) is 4.35. The standard InChI is InChI=1S/C12H12N4O4/c1-7-3-13-10(8(2)11(7)16(19)20)6-15-5-9(4-14-15)12(17)18/h3-5H,6H2,1-2H3,(H,17,18). The smallest absolute Gasteiger partial charge is 0.338 e. The molecule has 0 atom stereocenters. The Hall–Kier alpha value is -2.77. The average molecular weight is 276 g/mol. The van der Waals surface area contributed by atoms with E-state index in [0.717, 1.165) is 0 Å². The molecule has 2 aromatic rings. The van der Waals surface area contributed by atoms with E-state index in [2.05, 4.69) is 10.1 Å². The molecule has 0 amide bonds. The normalized spacial score (nSPS) is 10.5. The number of hydrogen-bond donors (Lipinski definition) is 1. The maximum atomic E-state index is 11.0. The molecule has 0 aromatic carbocycles. The Bertz CT molecular complexity index is 693. The molecule has 0 aliphatic rings. The van der Waals surface area contributed by atoms with Crippen molar-refractivity contribution in [1.29, 1.82) is 0 Å². The van der Waals surface area contributed by atoms with Crippen LogP contribution in [0.3, 0.4) is 0 Å². The van der Waals surface area contributed by atoms with Crippen molar-refractivity contribution in [3.05, 3.63) is 51.1 Å². The van der Waals surface area contributed by atoms with Crippen LogP contribution in [0.5, 0.6) is 0 Å². The minimum absolute atomic E-state index is 0.0283. The van der Waals surface area contributed by atoms with E-state index >= 15 is 0 Å². The molecule has 2 heterocycles. The Kier molecular flexibility index (Phi) is 3.47. The lowest BCUT2D eigenvalue weighted by atomic mass is 10.1. The van der Waals surface area contributed by atoms with E-state index in [-0.39, 0.29) is 17.8 Å². The van der Waals surface area contributed by atoms with Crippen LogP contribution in [0.1, 0.15) is 27.2 Å². The summed E-state index contributed by atoms with van der Waals surface area (Å²) in [6.45, 7) is 3.42. The van der Waals surface area contributed by atoms with Crippen LogP contribution in [0.15, 0.2) is 18.6 Å². The van der Waals surface area contributed by atoms with Crippen molar-refractivity contribution in [1.82, 2.24) is 14.8 Å². The van der Waals surface area contributed by atoms with Gasteiger partial charge in [0.2, 0.25) is 0 Å².